The molecule has 12 heteroatoms. The van der Waals surface area contributed by atoms with Crippen molar-refractivity contribution in [2.75, 3.05) is 39.3 Å². The first kappa shape index (κ1) is 30.5. The lowest BCUT2D eigenvalue weighted by atomic mass is 10.1. The molecule has 0 fully saturated rings. The zero-order chi connectivity index (χ0) is 29.9. The summed E-state index contributed by atoms with van der Waals surface area (Å²) in [5, 5.41) is 12.0. The lowest BCUT2D eigenvalue weighted by molar-refractivity contribution is -0.117. The molecule has 0 aliphatic heterocycles. The van der Waals surface area contributed by atoms with Crippen molar-refractivity contribution in [1.82, 2.24) is 31.2 Å². The fraction of sp³-hybridized carbons (Fsp3) is 0.333. The van der Waals surface area contributed by atoms with E-state index in [9.17, 15) is 28.0 Å². The Morgan fingerprint density at radius 3 is 1.40 bits per heavy atom. The van der Waals surface area contributed by atoms with Gasteiger partial charge in [-0.1, -0.05) is 12.1 Å². The number of Topliss-reactive ketones (excluding diaryl/α,β-unsaturated/α-hetero) is 2. The van der Waals surface area contributed by atoms with E-state index in [0.717, 1.165) is 25.9 Å². The summed E-state index contributed by atoms with van der Waals surface area (Å²) in [7, 11) is 0. The summed E-state index contributed by atoms with van der Waals surface area (Å²) in [5.74, 6) is -4.18. The van der Waals surface area contributed by atoms with E-state index in [1.807, 2.05) is 0 Å². The first-order valence-corrected chi connectivity index (χ1v) is 14.0. The van der Waals surface area contributed by atoms with Crippen LogP contribution >= 0.6 is 0 Å². The Kier molecular flexibility index (Phi) is 10.9. The summed E-state index contributed by atoms with van der Waals surface area (Å²) in [6, 6.07) is 8.84. The number of amides is 2. The smallest absolute Gasteiger partial charge is 0.292 e. The third-order valence-electron chi connectivity index (χ3n) is 6.80. The van der Waals surface area contributed by atoms with Crippen LogP contribution in [0.15, 0.2) is 48.8 Å². The molecule has 0 radical (unpaired) electrons. The maximum Gasteiger partial charge on any atom is 0.292 e. The molecule has 0 atom stereocenters. The number of H-pyrrole nitrogens is 2. The minimum Gasteiger partial charge on any atom is -0.360 e. The molecule has 42 heavy (non-hydrogen) atoms. The van der Waals surface area contributed by atoms with Crippen LogP contribution in [0.4, 0.5) is 8.78 Å². The molecule has 2 amide bonds. The Labute approximate surface area is 241 Å². The van der Waals surface area contributed by atoms with E-state index >= 15 is 0 Å². The lowest BCUT2D eigenvalue weighted by Crippen LogP contribution is -2.33. The van der Waals surface area contributed by atoms with Crippen LogP contribution in [-0.2, 0) is 9.59 Å². The molecule has 4 rings (SSSR count). The summed E-state index contributed by atoms with van der Waals surface area (Å²) in [4.78, 5) is 54.8. The van der Waals surface area contributed by atoms with Gasteiger partial charge in [0, 0.05) is 47.3 Å². The van der Waals surface area contributed by atoms with Crippen molar-refractivity contribution in [3.8, 4) is 0 Å². The molecule has 0 aliphatic rings. The maximum atomic E-state index is 14.1. The van der Waals surface area contributed by atoms with Crippen molar-refractivity contribution in [2.45, 2.75) is 25.7 Å². The van der Waals surface area contributed by atoms with E-state index in [0.29, 0.717) is 50.1 Å². The van der Waals surface area contributed by atoms with E-state index in [1.165, 1.54) is 36.7 Å². The number of hydrogen-bond acceptors (Lipinski definition) is 6. The molecule has 0 saturated carbocycles. The van der Waals surface area contributed by atoms with Crippen molar-refractivity contribution in [2.24, 2.45) is 0 Å². The second-order valence-electron chi connectivity index (χ2n) is 9.81. The highest BCUT2D eigenvalue weighted by molar-refractivity contribution is 6.45. The third-order valence-corrected chi connectivity index (χ3v) is 6.80. The highest BCUT2D eigenvalue weighted by Gasteiger charge is 2.22. The number of ketones is 2. The predicted molar refractivity (Wildman–Crippen MR) is 155 cm³/mol. The molecule has 2 heterocycles. The second-order valence-corrected chi connectivity index (χ2v) is 9.81. The third kappa shape index (κ3) is 7.65. The Balaban J connectivity index is 0.980. The summed E-state index contributed by atoms with van der Waals surface area (Å²) in [5.41, 5.74) is 0.965. The number of halogens is 2. The number of rotatable bonds is 17. The second kappa shape index (κ2) is 15.0. The van der Waals surface area contributed by atoms with Gasteiger partial charge in [0.1, 0.15) is 11.6 Å². The number of hydrogen-bond donors (Lipinski definition) is 6. The molecule has 0 unspecified atom stereocenters. The average Bonchev–Trinajstić information content (AvgIpc) is 3.62. The number of carbonyl (C=O) groups is 4. The SMILES string of the molecule is O=C(NCCCNCCCCNCCCNC(=O)C(=O)c1c[nH]c2cccc(F)c12)C(=O)c1c[nH]c2cccc(F)c12. The number of nitrogens with one attached hydrogen (secondary N) is 6. The Bertz CT molecular complexity index is 1450. The Morgan fingerprint density at radius 1 is 0.571 bits per heavy atom. The Morgan fingerprint density at radius 2 is 0.976 bits per heavy atom. The van der Waals surface area contributed by atoms with Gasteiger partial charge in [0.25, 0.3) is 23.4 Å². The van der Waals surface area contributed by atoms with Gasteiger partial charge in [-0.15, -0.1) is 0 Å². The van der Waals surface area contributed by atoms with E-state index in [2.05, 4.69) is 31.2 Å². The molecule has 2 aromatic carbocycles. The molecule has 0 spiro atoms. The first-order chi connectivity index (χ1) is 20.4. The molecule has 222 valence electrons. The number of unbranched alkanes of at least 4 members (excludes halogenated alkanes) is 1. The van der Waals surface area contributed by atoms with Gasteiger partial charge >= 0.3 is 0 Å². The van der Waals surface area contributed by atoms with Gasteiger partial charge in [0.2, 0.25) is 0 Å². The molecule has 10 nitrogen and oxygen atoms in total. The van der Waals surface area contributed by atoms with Crippen LogP contribution in [0.25, 0.3) is 21.8 Å². The number of carbonyl (C=O) groups excluding carboxylic acids is 4. The fourth-order valence-electron chi connectivity index (χ4n) is 4.62. The van der Waals surface area contributed by atoms with Crippen LogP contribution in [0, 0.1) is 11.6 Å². The number of aromatic amines is 2. The number of benzene rings is 2. The standard InChI is InChI=1S/C30H34F2N6O4/c31-21-7-3-9-23-25(21)19(17-37-23)27(39)29(41)35-15-5-13-33-11-1-2-12-34-14-6-16-36-30(42)28(40)20-18-38-24-10-4-8-22(32)26(20)24/h3-4,7-10,17-18,33-34,37-38H,1-2,5-6,11-16H2,(H,35,41)(H,36,42). The van der Waals surface area contributed by atoms with E-state index < -0.39 is 35.0 Å². The van der Waals surface area contributed by atoms with Gasteiger partial charge in [-0.2, -0.15) is 0 Å². The highest BCUT2D eigenvalue weighted by atomic mass is 19.1. The van der Waals surface area contributed by atoms with Crippen LogP contribution in [0.3, 0.4) is 0 Å². The normalized spacial score (nSPS) is 11.2. The molecule has 0 aliphatic carbocycles. The summed E-state index contributed by atoms with van der Waals surface area (Å²) >= 11 is 0. The highest BCUT2D eigenvalue weighted by Crippen LogP contribution is 2.23. The summed E-state index contributed by atoms with van der Waals surface area (Å²) < 4.78 is 28.1. The van der Waals surface area contributed by atoms with Crippen LogP contribution < -0.4 is 21.3 Å². The molecule has 2 aromatic heterocycles. The topological polar surface area (TPSA) is 148 Å². The van der Waals surface area contributed by atoms with Gasteiger partial charge in [-0.3, -0.25) is 19.2 Å². The summed E-state index contributed by atoms with van der Waals surface area (Å²) in [6.07, 6.45) is 5.87. The van der Waals surface area contributed by atoms with Crippen molar-refractivity contribution in [3.05, 3.63) is 71.6 Å². The van der Waals surface area contributed by atoms with Crippen LogP contribution in [0.2, 0.25) is 0 Å². The van der Waals surface area contributed by atoms with Crippen LogP contribution in [0.1, 0.15) is 46.4 Å². The lowest BCUT2D eigenvalue weighted by Gasteiger charge is -2.08. The minimum absolute atomic E-state index is 0.0199. The van der Waals surface area contributed by atoms with Gasteiger partial charge < -0.3 is 31.2 Å². The van der Waals surface area contributed by atoms with Crippen molar-refractivity contribution in [3.63, 3.8) is 0 Å². The Hall–Kier alpha value is -4.42. The minimum atomic E-state index is -0.773. The number of aromatic nitrogens is 2. The fourth-order valence-corrected chi connectivity index (χ4v) is 4.62. The molecular formula is C30H34F2N6O4. The van der Waals surface area contributed by atoms with Gasteiger partial charge in [-0.25, -0.2) is 8.78 Å². The molecule has 6 N–H and O–H groups in total. The van der Waals surface area contributed by atoms with Crippen molar-refractivity contribution >= 4 is 45.2 Å². The van der Waals surface area contributed by atoms with Crippen molar-refractivity contribution < 1.29 is 28.0 Å². The molecular weight excluding hydrogens is 546 g/mol. The van der Waals surface area contributed by atoms with Crippen molar-refractivity contribution in [1.29, 1.82) is 0 Å². The van der Waals surface area contributed by atoms with E-state index in [4.69, 9.17) is 0 Å². The number of fused-ring (bicyclic) bond motifs is 2. The van der Waals surface area contributed by atoms with E-state index in [1.54, 1.807) is 12.1 Å². The average molecular weight is 581 g/mol. The van der Waals surface area contributed by atoms with Gasteiger partial charge in [0.05, 0.1) is 11.1 Å². The largest absolute Gasteiger partial charge is 0.360 e. The monoisotopic (exact) mass is 580 g/mol. The predicted octanol–water partition coefficient (Wildman–Crippen LogP) is 2.97. The van der Waals surface area contributed by atoms with Gasteiger partial charge in [0.15, 0.2) is 0 Å². The van der Waals surface area contributed by atoms with Gasteiger partial charge in [-0.05, 0) is 76.1 Å². The summed E-state index contributed by atoms with van der Waals surface area (Å²) in [6.45, 7) is 3.60. The zero-order valence-corrected chi connectivity index (χ0v) is 23.1. The molecule has 0 saturated heterocycles. The molecule has 4 aromatic rings. The maximum absolute atomic E-state index is 14.1. The first-order valence-electron chi connectivity index (χ1n) is 14.0. The zero-order valence-electron chi connectivity index (χ0n) is 23.1. The molecule has 0 bridgehead atoms. The van der Waals surface area contributed by atoms with Crippen LogP contribution in [0.5, 0.6) is 0 Å². The quantitative estimate of drug-likeness (QED) is 0.0643. The van der Waals surface area contributed by atoms with Crippen LogP contribution in [-0.4, -0.2) is 72.6 Å². The van der Waals surface area contributed by atoms with E-state index in [-0.39, 0.29) is 21.9 Å².